The number of carbonyl (C=O) groups is 2. The van der Waals surface area contributed by atoms with E-state index in [4.69, 9.17) is 0 Å². The van der Waals surface area contributed by atoms with Crippen molar-refractivity contribution in [3.05, 3.63) is 30.1 Å². The number of nitrogens with one attached hydrogen (secondary N) is 2. The van der Waals surface area contributed by atoms with Crippen molar-refractivity contribution in [1.82, 2.24) is 5.32 Å². The molecule has 0 fully saturated rings. The molecule has 0 aliphatic heterocycles. The van der Waals surface area contributed by atoms with Gasteiger partial charge >= 0.3 is 0 Å². The van der Waals surface area contributed by atoms with Crippen LogP contribution in [0.25, 0.3) is 0 Å². The zero-order valence-electron chi connectivity index (χ0n) is 13.0. The van der Waals surface area contributed by atoms with Crippen LogP contribution in [-0.4, -0.2) is 18.4 Å². The highest BCUT2D eigenvalue weighted by Crippen LogP contribution is 2.19. The second kappa shape index (κ2) is 7.20. The number of rotatable bonds is 6. The van der Waals surface area contributed by atoms with Crippen molar-refractivity contribution in [3.8, 4) is 0 Å². The number of carbonyl (C=O) groups excluding carboxylic acids is 2. The van der Waals surface area contributed by atoms with Gasteiger partial charge in [0.1, 0.15) is 11.2 Å². The van der Waals surface area contributed by atoms with Crippen LogP contribution < -0.4 is 10.6 Å². The maximum atomic E-state index is 12.8. The van der Waals surface area contributed by atoms with Crippen LogP contribution in [-0.2, 0) is 9.59 Å². The summed E-state index contributed by atoms with van der Waals surface area (Å²) >= 11 is 0. The van der Waals surface area contributed by atoms with Crippen molar-refractivity contribution in [2.24, 2.45) is 11.3 Å². The Kier molecular flexibility index (Phi) is 5.88. The van der Waals surface area contributed by atoms with Gasteiger partial charge < -0.3 is 10.6 Å². The Balaban J connectivity index is 2.61. The van der Waals surface area contributed by atoms with Gasteiger partial charge in [-0.05, 0) is 50.5 Å². The van der Waals surface area contributed by atoms with Gasteiger partial charge in [0.2, 0.25) is 11.8 Å². The summed E-state index contributed by atoms with van der Waals surface area (Å²) < 4.78 is 12.8. The molecule has 1 rings (SSSR count). The molecule has 2 N–H and O–H groups in total. The fourth-order valence-corrected chi connectivity index (χ4v) is 1.62. The third-order valence-corrected chi connectivity index (χ3v) is 3.24. The molecule has 0 spiro atoms. The molecule has 5 heteroatoms. The van der Waals surface area contributed by atoms with E-state index in [-0.39, 0.29) is 11.7 Å². The SMILES string of the molecule is CC(C)CCNC(=O)C(C)(C)C(=O)Nc1ccc(F)cc1. The molecule has 4 nitrogen and oxygen atoms in total. The maximum Gasteiger partial charge on any atom is 0.239 e. The second-order valence-corrected chi connectivity index (χ2v) is 6.02. The van der Waals surface area contributed by atoms with Crippen LogP contribution in [0.15, 0.2) is 24.3 Å². The van der Waals surface area contributed by atoms with Crippen molar-refractivity contribution in [2.75, 3.05) is 11.9 Å². The molecule has 1 aromatic rings. The molecule has 0 radical (unpaired) electrons. The lowest BCUT2D eigenvalue weighted by atomic mass is 9.90. The second-order valence-electron chi connectivity index (χ2n) is 6.02. The average Bonchev–Trinajstić information content (AvgIpc) is 2.40. The van der Waals surface area contributed by atoms with Crippen molar-refractivity contribution in [2.45, 2.75) is 34.1 Å². The first kappa shape index (κ1) is 17.1. The molecular formula is C16H23FN2O2. The number of amides is 2. The van der Waals surface area contributed by atoms with Gasteiger partial charge in [-0.15, -0.1) is 0 Å². The highest BCUT2D eigenvalue weighted by Gasteiger charge is 2.35. The summed E-state index contributed by atoms with van der Waals surface area (Å²) in [5, 5.41) is 5.39. The average molecular weight is 294 g/mol. The summed E-state index contributed by atoms with van der Waals surface area (Å²) in [4.78, 5) is 24.3. The molecule has 0 atom stereocenters. The molecule has 0 saturated heterocycles. The normalized spacial score (nSPS) is 11.3. The Morgan fingerprint density at radius 3 is 2.24 bits per heavy atom. The quantitative estimate of drug-likeness (QED) is 0.792. The van der Waals surface area contributed by atoms with E-state index in [1.165, 1.54) is 24.3 Å². The van der Waals surface area contributed by atoms with E-state index in [2.05, 4.69) is 24.5 Å². The van der Waals surface area contributed by atoms with Gasteiger partial charge in [0, 0.05) is 12.2 Å². The fraction of sp³-hybridized carbons (Fsp3) is 0.500. The third kappa shape index (κ3) is 5.17. The Morgan fingerprint density at radius 2 is 1.71 bits per heavy atom. The van der Waals surface area contributed by atoms with Crippen LogP contribution in [0.3, 0.4) is 0 Å². The number of benzene rings is 1. The number of anilines is 1. The fourth-order valence-electron chi connectivity index (χ4n) is 1.62. The van der Waals surface area contributed by atoms with E-state index in [0.29, 0.717) is 18.2 Å². The standard InChI is InChI=1S/C16H23FN2O2/c1-11(2)9-10-18-14(20)16(3,4)15(21)19-13-7-5-12(17)6-8-13/h5-8,11H,9-10H2,1-4H3,(H,18,20)(H,19,21). The van der Waals surface area contributed by atoms with Crippen molar-refractivity contribution in [1.29, 1.82) is 0 Å². The molecule has 21 heavy (non-hydrogen) atoms. The van der Waals surface area contributed by atoms with Crippen molar-refractivity contribution in [3.63, 3.8) is 0 Å². The number of hydrogen-bond donors (Lipinski definition) is 2. The van der Waals surface area contributed by atoms with E-state index in [9.17, 15) is 14.0 Å². The van der Waals surface area contributed by atoms with Crippen LogP contribution in [0.1, 0.15) is 34.1 Å². The summed E-state index contributed by atoms with van der Waals surface area (Å²) in [5.74, 6) is -0.626. The molecule has 0 bridgehead atoms. The predicted octanol–water partition coefficient (Wildman–Crippen LogP) is 2.95. The van der Waals surface area contributed by atoms with Gasteiger partial charge in [-0.25, -0.2) is 4.39 Å². The van der Waals surface area contributed by atoms with E-state index in [1.54, 1.807) is 13.8 Å². The summed E-state index contributed by atoms with van der Waals surface area (Å²) in [6, 6.07) is 5.43. The van der Waals surface area contributed by atoms with E-state index in [1.807, 2.05) is 0 Å². The molecule has 1 aromatic carbocycles. The predicted molar refractivity (Wildman–Crippen MR) is 81.3 cm³/mol. The first-order valence-corrected chi connectivity index (χ1v) is 7.09. The molecule has 116 valence electrons. The monoisotopic (exact) mass is 294 g/mol. The van der Waals surface area contributed by atoms with E-state index < -0.39 is 11.3 Å². The summed E-state index contributed by atoms with van der Waals surface area (Å²) in [6.07, 6.45) is 0.863. The number of hydrogen-bond acceptors (Lipinski definition) is 2. The Labute approximate surface area is 125 Å². The maximum absolute atomic E-state index is 12.8. The van der Waals surface area contributed by atoms with Crippen LogP contribution in [0.4, 0.5) is 10.1 Å². The zero-order chi connectivity index (χ0) is 16.0. The zero-order valence-corrected chi connectivity index (χ0v) is 13.0. The molecule has 0 heterocycles. The van der Waals surface area contributed by atoms with Gasteiger partial charge in [0.15, 0.2) is 0 Å². The summed E-state index contributed by atoms with van der Waals surface area (Å²) in [5.41, 5.74) is -0.727. The van der Waals surface area contributed by atoms with E-state index in [0.717, 1.165) is 6.42 Å². The van der Waals surface area contributed by atoms with Crippen LogP contribution in [0.5, 0.6) is 0 Å². The summed E-state index contributed by atoms with van der Waals surface area (Å²) in [7, 11) is 0. The van der Waals surface area contributed by atoms with Crippen molar-refractivity contribution < 1.29 is 14.0 Å². The smallest absolute Gasteiger partial charge is 0.239 e. The lowest BCUT2D eigenvalue weighted by Crippen LogP contribution is -2.45. The van der Waals surface area contributed by atoms with Crippen LogP contribution in [0.2, 0.25) is 0 Å². The number of halogens is 1. The van der Waals surface area contributed by atoms with Gasteiger partial charge in [0.05, 0.1) is 0 Å². The third-order valence-electron chi connectivity index (χ3n) is 3.24. The van der Waals surface area contributed by atoms with E-state index >= 15 is 0 Å². The lowest BCUT2D eigenvalue weighted by molar-refractivity contribution is -0.138. The minimum absolute atomic E-state index is 0.317. The van der Waals surface area contributed by atoms with Crippen LogP contribution in [0, 0.1) is 17.2 Å². The topological polar surface area (TPSA) is 58.2 Å². The highest BCUT2D eigenvalue weighted by molar-refractivity contribution is 6.09. The van der Waals surface area contributed by atoms with Gasteiger partial charge in [0.25, 0.3) is 0 Å². The largest absolute Gasteiger partial charge is 0.355 e. The minimum Gasteiger partial charge on any atom is -0.355 e. The molecule has 0 aliphatic carbocycles. The molecule has 0 aliphatic rings. The Morgan fingerprint density at radius 1 is 1.14 bits per heavy atom. The van der Waals surface area contributed by atoms with Crippen molar-refractivity contribution >= 4 is 17.5 Å². The van der Waals surface area contributed by atoms with Gasteiger partial charge in [-0.3, -0.25) is 9.59 Å². The minimum atomic E-state index is -1.19. The molecule has 0 saturated carbocycles. The molecule has 2 amide bonds. The lowest BCUT2D eigenvalue weighted by Gasteiger charge is -2.23. The first-order chi connectivity index (χ1) is 9.73. The molecule has 0 aromatic heterocycles. The molecule has 0 unspecified atom stereocenters. The van der Waals surface area contributed by atoms with Gasteiger partial charge in [-0.1, -0.05) is 13.8 Å². The first-order valence-electron chi connectivity index (χ1n) is 7.09. The van der Waals surface area contributed by atoms with Gasteiger partial charge in [-0.2, -0.15) is 0 Å². The Bertz CT molecular complexity index is 496. The highest BCUT2D eigenvalue weighted by atomic mass is 19.1. The Hall–Kier alpha value is -1.91. The molecular weight excluding hydrogens is 271 g/mol. The van der Waals surface area contributed by atoms with Crippen LogP contribution >= 0.6 is 0 Å². The summed E-state index contributed by atoms with van der Waals surface area (Å²) in [6.45, 7) is 7.81.